The summed E-state index contributed by atoms with van der Waals surface area (Å²) >= 11 is 6.31. The summed E-state index contributed by atoms with van der Waals surface area (Å²) < 4.78 is 1.01. The smallest absolute Gasteiger partial charge is 0.320 e. The van der Waals surface area contributed by atoms with Crippen LogP contribution < -0.4 is 5.73 Å². The molecule has 0 aromatic heterocycles. The molecule has 0 spiro atoms. The van der Waals surface area contributed by atoms with Crippen molar-refractivity contribution in [2.75, 3.05) is 0 Å². The van der Waals surface area contributed by atoms with Gasteiger partial charge in [-0.05, 0) is 56.0 Å². The second kappa shape index (κ2) is 7.62. The molecule has 6 nitrogen and oxygen atoms in total. The van der Waals surface area contributed by atoms with Crippen molar-refractivity contribution in [1.82, 2.24) is 0 Å². The molecular weight excluding hydrogens is 362 g/mol. The third kappa shape index (κ3) is 5.00. The summed E-state index contributed by atoms with van der Waals surface area (Å²) in [5.41, 5.74) is 6.13. The standard InChI is InChI=1S/C9H9Br2NO3.2H2O/c10-5-1-4(2-6(11)8(5)13)3-7(12)9(14)15;;/h1-2,7,13H,3,12H2,(H,14,15);2*1H2. The van der Waals surface area contributed by atoms with E-state index in [1.165, 1.54) is 0 Å². The zero-order valence-electron chi connectivity index (χ0n) is 8.58. The van der Waals surface area contributed by atoms with Gasteiger partial charge in [0.05, 0.1) is 8.95 Å². The van der Waals surface area contributed by atoms with Crippen LogP contribution in [-0.2, 0) is 11.2 Å². The van der Waals surface area contributed by atoms with E-state index in [1.54, 1.807) is 12.1 Å². The van der Waals surface area contributed by atoms with Gasteiger partial charge < -0.3 is 26.9 Å². The first kappa shape index (κ1) is 18.7. The molecular formula is C9H13Br2NO5. The minimum absolute atomic E-state index is 0. The number of aliphatic carboxylic acids is 1. The lowest BCUT2D eigenvalue weighted by molar-refractivity contribution is -0.138. The summed E-state index contributed by atoms with van der Waals surface area (Å²) in [5, 5.41) is 18.1. The molecule has 0 radical (unpaired) electrons. The highest BCUT2D eigenvalue weighted by molar-refractivity contribution is 9.11. The summed E-state index contributed by atoms with van der Waals surface area (Å²) in [6, 6.07) is 2.35. The van der Waals surface area contributed by atoms with Crippen molar-refractivity contribution in [1.29, 1.82) is 0 Å². The summed E-state index contributed by atoms with van der Waals surface area (Å²) in [6.45, 7) is 0. The number of carbonyl (C=O) groups is 1. The van der Waals surface area contributed by atoms with Crippen LogP contribution in [0, 0.1) is 0 Å². The molecule has 1 aromatic carbocycles. The van der Waals surface area contributed by atoms with Gasteiger partial charge in [0.1, 0.15) is 11.8 Å². The summed E-state index contributed by atoms with van der Waals surface area (Å²) in [6.07, 6.45) is 0.215. The number of phenols is 1. The summed E-state index contributed by atoms with van der Waals surface area (Å²) in [5.74, 6) is -0.960. The van der Waals surface area contributed by atoms with Crippen LogP contribution >= 0.6 is 31.9 Å². The van der Waals surface area contributed by atoms with E-state index in [0.717, 1.165) is 5.56 Å². The minimum Gasteiger partial charge on any atom is -0.506 e. The number of rotatable bonds is 3. The van der Waals surface area contributed by atoms with Crippen LogP contribution in [0.3, 0.4) is 0 Å². The third-order valence-corrected chi connectivity index (χ3v) is 3.06. The molecule has 1 unspecified atom stereocenters. The SMILES string of the molecule is NC(Cc1cc(Br)c(O)c(Br)c1)C(=O)O.O.O. The molecule has 0 saturated heterocycles. The number of halogens is 2. The lowest BCUT2D eigenvalue weighted by Gasteiger charge is -2.08. The van der Waals surface area contributed by atoms with Crippen molar-refractivity contribution in [3.63, 3.8) is 0 Å². The first-order chi connectivity index (χ1) is 6.91. The maximum absolute atomic E-state index is 10.5. The fourth-order valence-corrected chi connectivity index (χ4v) is 2.36. The molecule has 0 fully saturated rings. The Morgan fingerprint density at radius 2 is 1.71 bits per heavy atom. The molecule has 0 heterocycles. The molecule has 0 aliphatic rings. The first-order valence-corrected chi connectivity index (χ1v) is 5.65. The predicted octanol–water partition coefficient (Wildman–Crippen LogP) is 0.222. The molecule has 0 aliphatic carbocycles. The molecule has 1 rings (SSSR count). The lowest BCUT2D eigenvalue weighted by atomic mass is 10.1. The number of carboxylic acid groups (broad SMARTS) is 1. The molecule has 17 heavy (non-hydrogen) atoms. The molecule has 0 aliphatic heterocycles. The highest BCUT2D eigenvalue weighted by Crippen LogP contribution is 2.33. The van der Waals surface area contributed by atoms with Gasteiger partial charge in [-0.2, -0.15) is 0 Å². The van der Waals surface area contributed by atoms with E-state index in [4.69, 9.17) is 10.8 Å². The van der Waals surface area contributed by atoms with E-state index in [1.807, 2.05) is 0 Å². The third-order valence-electron chi connectivity index (χ3n) is 1.85. The predicted molar refractivity (Wildman–Crippen MR) is 70.0 cm³/mol. The molecule has 98 valence electrons. The van der Waals surface area contributed by atoms with Crippen LogP contribution in [0.25, 0.3) is 0 Å². The van der Waals surface area contributed by atoms with Crippen molar-refractivity contribution in [3.05, 3.63) is 26.6 Å². The average molecular weight is 375 g/mol. The summed E-state index contributed by atoms with van der Waals surface area (Å²) in [7, 11) is 0. The first-order valence-electron chi connectivity index (χ1n) is 4.07. The topological polar surface area (TPSA) is 147 Å². The van der Waals surface area contributed by atoms with Crippen LogP contribution in [0.15, 0.2) is 21.1 Å². The van der Waals surface area contributed by atoms with Gasteiger partial charge in [-0.15, -0.1) is 0 Å². The highest BCUT2D eigenvalue weighted by atomic mass is 79.9. The number of carboxylic acids is 1. The van der Waals surface area contributed by atoms with E-state index >= 15 is 0 Å². The largest absolute Gasteiger partial charge is 0.506 e. The maximum Gasteiger partial charge on any atom is 0.320 e. The molecule has 8 heteroatoms. The molecule has 0 saturated carbocycles. The quantitative estimate of drug-likeness (QED) is 0.694. The Kier molecular flexibility index (Phi) is 8.37. The highest BCUT2D eigenvalue weighted by Gasteiger charge is 2.14. The second-order valence-electron chi connectivity index (χ2n) is 3.06. The van der Waals surface area contributed by atoms with Gasteiger partial charge in [0.25, 0.3) is 0 Å². The van der Waals surface area contributed by atoms with Crippen LogP contribution in [0.1, 0.15) is 5.56 Å². The van der Waals surface area contributed by atoms with Crippen molar-refractivity contribution in [2.45, 2.75) is 12.5 Å². The Morgan fingerprint density at radius 1 is 1.29 bits per heavy atom. The van der Waals surface area contributed by atoms with E-state index in [2.05, 4.69) is 31.9 Å². The Bertz CT molecular complexity index is 376. The second-order valence-corrected chi connectivity index (χ2v) is 4.77. The molecule has 0 bridgehead atoms. The Morgan fingerprint density at radius 3 is 2.06 bits per heavy atom. The van der Waals surface area contributed by atoms with Gasteiger partial charge in [0.2, 0.25) is 0 Å². The zero-order valence-corrected chi connectivity index (χ0v) is 11.7. The van der Waals surface area contributed by atoms with Crippen molar-refractivity contribution in [3.8, 4) is 5.75 Å². The van der Waals surface area contributed by atoms with Crippen molar-refractivity contribution < 1.29 is 26.0 Å². The van der Waals surface area contributed by atoms with Crippen LogP contribution in [0.5, 0.6) is 5.75 Å². The van der Waals surface area contributed by atoms with Crippen LogP contribution in [0.4, 0.5) is 0 Å². The average Bonchev–Trinajstić information content (AvgIpc) is 2.13. The minimum atomic E-state index is -1.05. The Hall–Kier alpha value is -0.670. The molecule has 1 atom stereocenters. The van der Waals surface area contributed by atoms with Crippen molar-refractivity contribution in [2.24, 2.45) is 5.73 Å². The van der Waals surface area contributed by atoms with E-state index in [9.17, 15) is 9.90 Å². The number of hydrogen-bond acceptors (Lipinski definition) is 3. The molecule has 1 aromatic rings. The normalized spacial score (nSPS) is 11.0. The maximum atomic E-state index is 10.5. The number of phenolic OH excluding ortho intramolecular Hbond substituents is 1. The van der Waals surface area contributed by atoms with Gasteiger partial charge in [0, 0.05) is 0 Å². The zero-order chi connectivity index (χ0) is 11.6. The monoisotopic (exact) mass is 373 g/mol. The van der Waals surface area contributed by atoms with Gasteiger partial charge in [-0.3, -0.25) is 4.79 Å². The van der Waals surface area contributed by atoms with E-state index in [-0.39, 0.29) is 23.1 Å². The summed E-state index contributed by atoms with van der Waals surface area (Å²) in [4.78, 5) is 10.5. The number of aromatic hydroxyl groups is 1. The van der Waals surface area contributed by atoms with Gasteiger partial charge in [-0.1, -0.05) is 0 Å². The van der Waals surface area contributed by atoms with Crippen molar-refractivity contribution >= 4 is 37.8 Å². The number of benzene rings is 1. The van der Waals surface area contributed by atoms with Crippen LogP contribution in [-0.4, -0.2) is 33.2 Å². The number of hydrogen-bond donors (Lipinski definition) is 3. The van der Waals surface area contributed by atoms with E-state index in [0.29, 0.717) is 8.95 Å². The Labute approximate surface area is 114 Å². The van der Waals surface area contributed by atoms with E-state index < -0.39 is 12.0 Å². The lowest BCUT2D eigenvalue weighted by Crippen LogP contribution is -2.32. The van der Waals surface area contributed by atoms with Crippen LogP contribution in [0.2, 0.25) is 0 Å². The van der Waals surface area contributed by atoms with Gasteiger partial charge in [0.15, 0.2) is 0 Å². The fraction of sp³-hybridized carbons (Fsp3) is 0.222. The van der Waals surface area contributed by atoms with Gasteiger partial charge in [-0.25, -0.2) is 0 Å². The Balaban J connectivity index is 0. The fourth-order valence-electron chi connectivity index (χ4n) is 1.08. The number of nitrogens with two attached hydrogens (primary N) is 1. The van der Waals surface area contributed by atoms with Gasteiger partial charge >= 0.3 is 5.97 Å². The molecule has 0 amide bonds. The molecule has 8 N–H and O–H groups in total.